The van der Waals surface area contributed by atoms with Gasteiger partial charge in [0.15, 0.2) is 0 Å². The standard InChI is InChI=1S/C27H30ClN.C8H16.C3H6/c1-21-17-18-25(27(28)20-21)15-8-14-24-13-6-7-16-26(24)22(2)29-19-9-12-23-10-4-3-5-11-23;1-4-7-8(5-2)6-3;1-3-2/h3-7,10-11,13,16-18,20,29H,2,8-9,12,14-15,19H2,1H3;4,8H,1,5-7H2,2-3H3;3H,1H2,2H3. The van der Waals surface area contributed by atoms with Crippen LogP contribution in [-0.4, -0.2) is 6.54 Å². The fourth-order valence-electron chi connectivity index (χ4n) is 4.49. The molecule has 0 spiro atoms. The molecule has 0 fully saturated rings. The zero-order valence-corrected chi connectivity index (χ0v) is 26.3. The molecule has 0 saturated carbocycles. The summed E-state index contributed by atoms with van der Waals surface area (Å²) in [6, 6.07) is 25.5. The van der Waals surface area contributed by atoms with Crippen molar-refractivity contribution in [2.75, 3.05) is 6.54 Å². The van der Waals surface area contributed by atoms with Crippen LogP contribution < -0.4 is 5.32 Å². The molecule has 216 valence electrons. The van der Waals surface area contributed by atoms with Gasteiger partial charge in [-0.3, -0.25) is 0 Å². The molecule has 0 atom stereocenters. The van der Waals surface area contributed by atoms with Gasteiger partial charge < -0.3 is 5.32 Å². The van der Waals surface area contributed by atoms with Gasteiger partial charge in [-0.05, 0) is 86.6 Å². The lowest BCUT2D eigenvalue weighted by Crippen LogP contribution is -2.15. The first-order chi connectivity index (χ1) is 19.4. The molecule has 0 radical (unpaired) electrons. The third kappa shape index (κ3) is 14.4. The number of halogens is 1. The number of nitrogens with one attached hydrogen (secondary N) is 1. The van der Waals surface area contributed by atoms with E-state index in [0.29, 0.717) is 0 Å². The maximum absolute atomic E-state index is 6.38. The fourth-order valence-corrected chi connectivity index (χ4v) is 4.82. The number of hydrogen-bond acceptors (Lipinski definition) is 1. The zero-order chi connectivity index (χ0) is 29.6. The molecule has 0 heterocycles. The molecular weight excluding hydrogens is 506 g/mol. The van der Waals surface area contributed by atoms with E-state index in [0.717, 1.165) is 55.3 Å². The molecule has 0 unspecified atom stereocenters. The van der Waals surface area contributed by atoms with Crippen LogP contribution in [0.1, 0.15) is 80.7 Å². The van der Waals surface area contributed by atoms with E-state index in [1.54, 1.807) is 6.08 Å². The van der Waals surface area contributed by atoms with E-state index in [2.05, 4.69) is 113 Å². The summed E-state index contributed by atoms with van der Waals surface area (Å²) in [7, 11) is 0. The van der Waals surface area contributed by atoms with Gasteiger partial charge in [0.2, 0.25) is 0 Å². The van der Waals surface area contributed by atoms with Gasteiger partial charge in [-0.25, -0.2) is 0 Å². The molecule has 0 aliphatic rings. The second-order valence-corrected chi connectivity index (χ2v) is 10.6. The topological polar surface area (TPSA) is 12.0 Å². The third-order valence-electron chi connectivity index (χ3n) is 6.92. The first-order valence-corrected chi connectivity index (χ1v) is 15.3. The Kier molecular flexibility index (Phi) is 19.0. The van der Waals surface area contributed by atoms with Crippen molar-refractivity contribution in [3.8, 4) is 0 Å². The number of allylic oxidation sites excluding steroid dienone is 2. The highest BCUT2D eigenvalue weighted by molar-refractivity contribution is 6.31. The lowest BCUT2D eigenvalue weighted by molar-refractivity contribution is 0.500. The molecule has 1 nitrogen and oxygen atoms in total. The Hall–Kier alpha value is -3.03. The lowest BCUT2D eigenvalue weighted by atomic mass is 9.98. The molecule has 1 N–H and O–H groups in total. The minimum Gasteiger partial charge on any atom is -0.385 e. The normalized spacial score (nSPS) is 10.1. The van der Waals surface area contributed by atoms with E-state index >= 15 is 0 Å². The summed E-state index contributed by atoms with van der Waals surface area (Å²) in [4.78, 5) is 0. The largest absolute Gasteiger partial charge is 0.385 e. The molecule has 3 rings (SSSR count). The molecule has 3 aromatic rings. The Bertz CT molecular complexity index is 1110. The van der Waals surface area contributed by atoms with E-state index in [1.807, 2.05) is 19.1 Å². The maximum Gasteiger partial charge on any atom is 0.0440 e. The third-order valence-corrected chi connectivity index (χ3v) is 7.27. The van der Waals surface area contributed by atoms with Crippen molar-refractivity contribution >= 4 is 17.3 Å². The van der Waals surface area contributed by atoms with Gasteiger partial charge in [0, 0.05) is 22.8 Å². The average molecular weight is 558 g/mol. The van der Waals surface area contributed by atoms with Crippen molar-refractivity contribution in [3.63, 3.8) is 0 Å². The first kappa shape index (κ1) is 35.0. The minimum absolute atomic E-state index is 0.878. The van der Waals surface area contributed by atoms with Crippen LogP contribution in [0.4, 0.5) is 0 Å². The van der Waals surface area contributed by atoms with Crippen molar-refractivity contribution in [2.24, 2.45) is 5.92 Å². The van der Waals surface area contributed by atoms with E-state index in [9.17, 15) is 0 Å². The zero-order valence-electron chi connectivity index (χ0n) is 25.5. The Morgan fingerprint density at radius 1 is 0.850 bits per heavy atom. The summed E-state index contributed by atoms with van der Waals surface area (Å²) < 4.78 is 0. The van der Waals surface area contributed by atoms with E-state index in [1.165, 1.54) is 47.1 Å². The van der Waals surface area contributed by atoms with Gasteiger partial charge in [0.25, 0.3) is 0 Å². The van der Waals surface area contributed by atoms with Crippen molar-refractivity contribution in [3.05, 3.63) is 138 Å². The fraction of sp³-hybridized carbons (Fsp3) is 0.368. The van der Waals surface area contributed by atoms with E-state index < -0.39 is 0 Å². The monoisotopic (exact) mass is 557 g/mol. The first-order valence-electron chi connectivity index (χ1n) is 14.9. The summed E-state index contributed by atoms with van der Waals surface area (Å²) in [5.74, 6) is 0.882. The second kappa shape index (κ2) is 21.8. The molecule has 0 aromatic heterocycles. The van der Waals surface area contributed by atoms with Gasteiger partial charge in [0.1, 0.15) is 0 Å². The summed E-state index contributed by atoms with van der Waals surface area (Å²) in [6.07, 6.45) is 12.8. The SMILES string of the molecule is C=C(NCCCc1ccccc1)c1ccccc1CCCc1ccc(C)cc1Cl.C=CC.C=CCC(CC)CC. The minimum atomic E-state index is 0.878. The van der Waals surface area contributed by atoms with Crippen LogP contribution in [-0.2, 0) is 19.3 Å². The highest BCUT2D eigenvalue weighted by Crippen LogP contribution is 2.22. The summed E-state index contributed by atoms with van der Waals surface area (Å²) in [5.41, 5.74) is 7.40. The number of hydrogen-bond donors (Lipinski definition) is 1. The highest BCUT2D eigenvalue weighted by Gasteiger charge is 2.07. The van der Waals surface area contributed by atoms with E-state index in [-0.39, 0.29) is 0 Å². The summed E-state index contributed by atoms with van der Waals surface area (Å²) in [6.45, 7) is 20.7. The summed E-state index contributed by atoms with van der Waals surface area (Å²) >= 11 is 6.38. The predicted molar refractivity (Wildman–Crippen MR) is 181 cm³/mol. The van der Waals surface area contributed by atoms with Crippen LogP contribution in [0.3, 0.4) is 0 Å². The van der Waals surface area contributed by atoms with Gasteiger partial charge in [-0.15, -0.1) is 13.2 Å². The summed E-state index contributed by atoms with van der Waals surface area (Å²) in [5, 5.41) is 4.40. The Balaban J connectivity index is 0.000000618. The Morgan fingerprint density at radius 3 is 2.08 bits per heavy atom. The average Bonchev–Trinajstić information content (AvgIpc) is 2.96. The molecule has 0 aliphatic carbocycles. The van der Waals surface area contributed by atoms with Crippen LogP contribution >= 0.6 is 11.6 Å². The van der Waals surface area contributed by atoms with Gasteiger partial charge >= 0.3 is 0 Å². The Labute approximate surface area is 251 Å². The molecule has 3 aromatic carbocycles. The van der Waals surface area contributed by atoms with Crippen molar-refractivity contribution < 1.29 is 0 Å². The number of aryl methyl sites for hydroxylation is 4. The van der Waals surface area contributed by atoms with Gasteiger partial charge in [-0.2, -0.15) is 0 Å². The van der Waals surface area contributed by atoms with Crippen LogP contribution in [0.5, 0.6) is 0 Å². The number of benzene rings is 3. The molecule has 0 aliphatic heterocycles. The molecule has 0 amide bonds. The van der Waals surface area contributed by atoms with E-state index in [4.69, 9.17) is 11.6 Å². The number of rotatable bonds is 14. The van der Waals surface area contributed by atoms with Gasteiger partial charge in [-0.1, -0.05) is 124 Å². The second-order valence-electron chi connectivity index (χ2n) is 10.2. The van der Waals surface area contributed by atoms with Crippen LogP contribution in [0, 0.1) is 12.8 Å². The predicted octanol–water partition coefficient (Wildman–Crippen LogP) is 11.2. The quantitative estimate of drug-likeness (QED) is 0.153. The molecule has 0 saturated heterocycles. The van der Waals surface area contributed by atoms with Crippen molar-refractivity contribution in [1.82, 2.24) is 5.32 Å². The molecular formula is C38H52ClN. The smallest absolute Gasteiger partial charge is 0.0440 e. The lowest BCUT2D eigenvalue weighted by Gasteiger charge is -2.14. The van der Waals surface area contributed by atoms with Crippen molar-refractivity contribution in [1.29, 1.82) is 0 Å². The molecule has 2 heteroatoms. The molecule has 0 bridgehead atoms. The van der Waals surface area contributed by atoms with Gasteiger partial charge in [0.05, 0.1) is 0 Å². The van der Waals surface area contributed by atoms with Crippen molar-refractivity contribution in [2.45, 2.75) is 79.1 Å². The van der Waals surface area contributed by atoms with Crippen LogP contribution in [0.25, 0.3) is 5.70 Å². The van der Waals surface area contributed by atoms with Crippen LogP contribution in [0.15, 0.2) is 105 Å². The molecule has 40 heavy (non-hydrogen) atoms. The highest BCUT2D eigenvalue weighted by atomic mass is 35.5. The van der Waals surface area contributed by atoms with Crippen LogP contribution in [0.2, 0.25) is 5.02 Å². The Morgan fingerprint density at radius 2 is 1.48 bits per heavy atom. The maximum atomic E-state index is 6.38.